The van der Waals surface area contributed by atoms with Crippen molar-refractivity contribution in [3.05, 3.63) is 46.4 Å². The Hall–Kier alpha value is -1.38. The Bertz CT molecular complexity index is 539. The van der Waals surface area contributed by atoms with Gasteiger partial charge in [0.2, 0.25) is 0 Å². The van der Waals surface area contributed by atoms with E-state index in [9.17, 15) is 0 Å². The molecule has 2 aromatic carbocycles. The number of benzene rings is 2. The summed E-state index contributed by atoms with van der Waals surface area (Å²) in [6.07, 6.45) is 0. The van der Waals surface area contributed by atoms with E-state index in [0.717, 1.165) is 11.1 Å². The van der Waals surface area contributed by atoms with Gasteiger partial charge >= 0.3 is 0 Å². The summed E-state index contributed by atoms with van der Waals surface area (Å²) in [5, 5.41) is 1.17. The number of nitrogens with two attached hydrogens (primary N) is 2. The van der Waals surface area contributed by atoms with E-state index in [1.807, 2.05) is 12.1 Å². The molecule has 0 bridgehead atoms. The normalized spacial score (nSPS) is 10.4. The summed E-state index contributed by atoms with van der Waals surface area (Å²) >= 11 is 12.0. The Morgan fingerprint density at radius 3 is 2.19 bits per heavy atom. The third-order valence-electron chi connectivity index (χ3n) is 2.30. The van der Waals surface area contributed by atoms with E-state index in [4.69, 9.17) is 34.7 Å². The van der Waals surface area contributed by atoms with Crippen molar-refractivity contribution in [3.63, 3.8) is 0 Å². The Kier molecular flexibility index (Phi) is 2.95. The fourth-order valence-corrected chi connectivity index (χ4v) is 1.82. The van der Waals surface area contributed by atoms with Gasteiger partial charge in [0.05, 0.1) is 10.7 Å². The van der Waals surface area contributed by atoms with E-state index >= 15 is 0 Å². The Labute approximate surface area is 104 Å². The highest BCUT2D eigenvalue weighted by molar-refractivity contribution is 6.34. The van der Waals surface area contributed by atoms with Gasteiger partial charge in [-0.1, -0.05) is 29.3 Å². The lowest BCUT2D eigenvalue weighted by Gasteiger charge is -2.07. The molecule has 0 unspecified atom stereocenters. The van der Waals surface area contributed by atoms with Crippen LogP contribution in [-0.2, 0) is 0 Å². The molecule has 2 nitrogen and oxygen atoms in total. The predicted molar refractivity (Wildman–Crippen MR) is 70.7 cm³/mol. The molecule has 0 aliphatic rings. The number of halogens is 2. The minimum atomic E-state index is 0.526. The predicted octanol–water partition coefficient (Wildman–Crippen LogP) is 3.82. The first-order chi connectivity index (χ1) is 7.58. The molecule has 0 radical (unpaired) electrons. The zero-order valence-corrected chi connectivity index (χ0v) is 9.89. The molecular weight excluding hydrogens is 243 g/mol. The first kappa shape index (κ1) is 11.1. The third-order valence-corrected chi connectivity index (χ3v) is 2.97. The van der Waals surface area contributed by atoms with Gasteiger partial charge in [-0.2, -0.15) is 0 Å². The van der Waals surface area contributed by atoms with Crippen molar-refractivity contribution in [2.75, 3.05) is 11.5 Å². The summed E-state index contributed by atoms with van der Waals surface area (Å²) in [5.74, 6) is 0. The van der Waals surface area contributed by atoms with Gasteiger partial charge in [0.1, 0.15) is 0 Å². The van der Waals surface area contributed by atoms with E-state index in [-0.39, 0.29) is 0 Å². The van der Waals surface area contributed by atoms with E-state index in [0.29, 0.717) is 21.4 Å². The number of anilines is 2. The molecule has 2 rings (SSSR count). The summed E-state index contributed by atoms with van der Waals surface area (Å²) in [4.78, 5) is 0. The highest BCUT2D eigenvalue weighted by Gasteiger charge is 2.05. The number of hydrogen-bond acceptors (Lipinski definition) is 2. The van der Waals surface area contributed by atoms with E-state index in [1.54, 1.807) is 24.3 Å². The Morgan fingerprint density at radius 2 is 1.50 bits per heavy atom. The summed E-state index contributed by atoms with van der Waals surface area (Å²) in [7, 11) is 0. The second-order valence-electron chi connectivity index (χ2n) is 3.48. The minimum absolute atomic E-state index is 0.526. The number of hydrogen-bond donors (Lipinski definition) is 2. The molecule has 16 heavy (non-hydrogen) atoms. The maximum atomic E-state index is 6.09. The third kappa shape index (κ3) is 2.08. The molecule has 0 amide bonds. The van der Waals surface area contributed by atoms with Crippen molar-refractivity contribution in [3.8, 4) is 11.1 Å². The van der Waals surface area contributed by atoms with Crippen molar-refractivity contribution in [2.24, 2.45) is 0 Å². The van der Waals surface area contributed by atoms with Crippen LogP contribution in [0, 0.1) is 0 Å². The summed E-state index contributed by atoms with van der Waals surface area (Å²) in [6, 6.07) is 10.7. The Balaban J connectivity index is 2.58. The fraction of sp³-hybridized carbons (Fsp3) is 0. The molecule has 0 fully saturated rings. The molecule has 0 spiro atoms. The fourth-order valence-electron chi connectivity index (χ4n) is 1.48. The maximum Gasteiger partial charge on any atom is 0.0635 e. The lowest BCUT2D eigenvalue weighted by molar-refractivity contribution is 1.60. The van der Waals surface area contributed by atoms with Crippen LogP contribution in [0.15, 0.2) is 36.4 Å². The van der Waals surface area contributed by atoms with Gasteiger partial charge in [0.15, 0.2) is 0 Å². The highest BCUT2D eigenvalue weighted by Crippen LogP contribution is 2.32. The van der Waals surface area contributed by atoms with Crippen molar-refractivity contribution < 1.29 is 0 Å². The monoisotopic (exact) mass is 252 g/mol. The molecule has 0 heterocycles. The van der Waals surface area contributed by atoms with Crippen LogP contribution in [0.1, 0.15) is 0 Å². The van der Waals surface area contributed by atoms with Crippen LogP contribution < -0.4 is 11.5 Å². The van der Waals surface area contributed by atoms with Gasteiger partial charge in [-0.05, 0) is 35.9 Å². The van der Waals surface area contributed by atoms with Gasteiger partial charge in [0.25, 0.3) is 0 Å². The van der Waals surface area contributed by atoms with Crippen molar-refractivity contribution in [1.29, 1.82) is 0 Å². The molecule has 0 aliphatic heterocycles. The van der Waals surface area contributed by atoms with Crippen molar-refractivity contribution in [1.82, 2.24) is 0 Å². The second-order valence-corrected chi connectivity index (χ2v) is 4.29. The largest absolute Gasteiger partial charge is 0.399 e. The Morgan fingerprint density at radius 1 is 0.812 bits per heavy atom. The molecule has 2 aromatic rings. The molecular formula is C12H10Cl2N2. The van der Waals surface area contributed by atoms with Crippen molar-refractivity contribution in [2.45, 2.75) is 0 Å². The zero-order chi connectivity index (χ0) is 11.7. The standard InChI is InChI=1S/C12H10Cl2N2/c13-10-4-2-8(15)6-9(10)7-1-3-11(14)12(16)5-7/h1-6H,15-16H2. The van der Waals surface area contributed by atoms with Crippen molar-refractivity contribution >= 4 is 34.6 Å². The van der Waals surface area contributed by atoms with Gasteiger partial charge in [0, 0.05) is 16.3 Å². The molecule has 0 saturated carbocycles. The minimum Gasteiger partial charge on any atom is -0.399 e. The average Bonchev–Trinajstić information content (AvgIpc) is 2.26. The summed E-state index contributed by atoms with van der Waals surface area (Å²) < 4.78 is 0. The quantitative estimate of drug-likeness (QED) is 0.759. The molecule has 82 valence electrons. The van der Waals surface area contributed by atoms with Crippen LogP contribution in [0.3, 0.4) is 0 Å². The maximum absolute atomic E-state index is 6.09. The number of nitrogen functional groups attached to an aromatic ring is 2. The van der Waals surface area contributed by atoms with E-state index in [2.05, 4.69) is 0 Å². The number of rotatable bonds is 1. The van der Waals surface area contributed by atoms with E-state index < -0.39 is 0 Å². The highest BCUT2D eigenvalue weighted by atomic mass is 35.5. The van der Waals surface area contributed by atoms with Gasteiger partial charge in [-0.15, -0.1) is 0 Å². The zero-order valence-electron chi connectivity index (χ0n) is 8.37. The lowest BCUT2D eigenvalue weighted by atomic mass is 10.0. The van der Waals surface area contributed by atoms with Crippen LogP contribution >= 0.6 is 23.2 Å². The summed E-state index contributed by atoms with van der Waals surface area (Å²) in [6.45, 7) is 0. The van der Waals surface area contributed by atoms with Crippen LogP contribution in [0.4, 0.5) is 11.4 Å². The van der Waals surface area contributed by atoms with Gasteiger partial charge in [-0.3, -0.25) is 0 Å². The van der Waals surface area contributed by atoms with Crippen LogP contribution in [0.25, 0.3) is 11.1 Å². The van der Waals surface area contributed by atoms with Crippen LogP contribution in [0.5, 0.6) is 0 Å². The first-order valence-corrected chi connectivity index (χ1v) is 5.44. The molecule has 0 atom stereocenters. The van der Waals surface area contributed by atoms with Gasteiger partial charge in [-0.25, -0.2) is 0 Å². The van der Waals surface area contributed by atoms with E-state index in [1.165, 1.54) is 0 Å². The SMILES string of the molecule is Nc1ccc(Cl)c(-c2ccc(Cl)c(N)c2)c1. The lowest BCUT2D eigenvalue weighted by Crippen LogP contribution is -1.90. The molecule has 4 N–H and O–H groups in total. The van der Waals surface area contributed by atoms with Crippen LogP contribution in [-0.4, -0.2) is 0 Å². The van der Waals surface area contributed by atoms with Crippen LogP contribution in [0.2, 0.25) is 10.0 Å². The smallest absolute Gasteiger partial charge is 0.0635 e. The molecule has 0 aliphatic carbocycles. The molecule has 4 heteroatoms. The average molecular weight is 253 g/mol. The first-order valence-electron chi connectivity index (χ1n) is 4.68. The molecule has 0 saturated heterocycles. The summed E-state index contributed by atoms with van der Waals surface area (Å²) in [5.41, 5.74) is 14.4. The second kappa shape index (κ2) is 4.24. The van der Waals surface area contributed by atoms with Gasteiger partial charge < -0.3 is 11.5 Å². The topological polar surface area (TPSA) is 52.0 Å². The molecule has 0 aromatic heterocycles.